The van der Waals surface area contributed by atoms with Crippen LogP contribution in [0.15, 0.2) is 11.6 Å². The minimum Gasteiger partial charge on any atom is -0.244 e. The lowest BCUT2D eigenvalue weighted by molar-refractivity contribution is 1.38. The molecule has 0 aliphatic carbocycles. The first-order valence-electron chi connectivity index (χ1n) is 3.78. The van der Waals surface area contributed by atoms with Crippen LogP contribution in [0.5, 0.6) is 0 Å². The molecule has 14 heavy (non-hydrogen) atoms. The monoisotopic (exact) mass is 286 g/mol. The molecule has 0 saturated heterocycles. The summed E-state index contributed by atoms with van der Waals surface area (Å²) in [7, 11) is 0. The number of hydrogen-bond donors (Lipinski definition) is 0. The van der Waals surface area contributed by atoms with E-state index in [1.165, 1.54) is 17.5 Å². The second kappa shape index (κ2) is 3.85. The topological polar surface area (TPSA) is 36.7 Å². The van der Waals surface area contributed by atoms with Gasteiger partial charge in [0.2, 0.25) is 0 Å². The number of alkyl halides is 1. The maximum atomic E-state index is 8.80. The Morgan fingerprint density at radius 3 is 3.07 bits per heavy atom. The number of nitriles is 1. The summed E-state index contributed by atoms with van der Waals surface area (Å²) in [5.74, 6) is 0. The molecule has 0 unspecified atom stereocenters. The summed E-state index contributed by atoms with van der Waals surface area (Å²) in [6, 6.07) is 2.02. The highest BCUT2D eigenvalue weighted by atomic mass is 79.9. The van der Waals surface area contributed by atoms with Crippen molar-refractivity contribution in [1.82, 2.24) is 4.98 Å². The van der Waals surface area contributed by atoms with E-state index >= 15 is 0 Å². The number of pyridine rings is 1. The van der Waals surface area contributed by atoms with Crippen LogP contribution < -0.4 is 0 Å². The van der Waals surface area contributed by atoms with Crippen LogP contribution in [-0.2, 0) is 5.33 Å². The Bertz CT molecular complexity index is 529. The molecule has 2 heterocycles. The van der Waals surface area contributed by atoms with Crippen molar-refractivity contribution in [1.29, 1.82) is 5.26 Å². The largest absolute Gasteiger partial charge is 0.244 e. The molecule has 0 N–H and O–H groups in total. The van der Waals surface area contributed by atoms with E-state index in [2.05, 4.69) is 20.9 Å². The van der Waals surface area contributed by atoms with E-state index < -0.39 is 0 Å². The smallest absolute Gasteiger partial charge is 0.125 e. The minimum absolute atomic E-state index is 0.430. The van der Waals surface area contributed by atoms with Crippen molar-refractivity contribution in [3.63, 3.8) is 0 Å². The number of fused-ring (bicyclic) bond motifs is 1. The van der Waals surface area contributed by atoms with Gasteiger partial charge in [0.1, 0.15) is 10.9 Å². The first kappa shape index (κ1) is 9.91. The zero-order chi connectivity index (χ0) is 10.1. The van der Waals surface area contributed by atoms with Gasteiger partial charge in [-0.15, -0.1) is 11.3 Å². The average Bonchev–Trinajstić information content (AvgIpc) is 2.62. The Morgan fingerprint density at radius 1 is 1.64 bits per heavy atom. The maximum absolute atomic E-state index is 8.80. The number of thiophene rings is 1. The Kier molecular flexibility index (Phi) is 2.73. The van der Waals surface area contributed by atoms with Crippen LogP contribution in [-0.4, -0.2) is 4.98 Å². The number of aromatic nitrogens is 1. The molecular weight excluding hydrogens is 284 g/mol. The van der Waals surface area contributed by atoms with E-state index in [4.69, 9.17) is 16.9 Å². The lowest BCUT2D eigenvalue weighted by Gasteiger charge is -1.98. The fourth-order valence-electron chi connectivity index (χ4n) is 1.20. The van der Waals surface area contributed by atoms with Gasteiger partial charge in [-0.1, -0.05) is 27.5 Å². The second-order valence-corrected chi connectivity index (χ2v) is 4.47. The summed E-state index contributed by atoms with van der Waals surface area (Å²) in [6.07, 6.45) is 1.51. The first-order valence-corrected chi connectivity index (χ1v) is 6.16. The van der Waals surface area contributed by atoms with Crippen molar-refractivity contribution in [2.75, 3.05) is 0 Å². The Balaban J connectivity index is 2.85. The molecule has 70 valence electrons. The Morgan fingerprint density at radius 2 is 2.43 bits per heavy atom. The molecule has 2 rings (SSSR count). The summed E-state index contributed by atoms with van der Waals surface area (Å²) in [4.78, 5) is 5.05. The van der Waals surface area contributed by atoms with Gasteiger partial charge in [-0.05, 0) is 10.9 Å². The number of hydrogen-bond acceptors (Lipinski definition) is 3. The standard InChI is InChI=1S/C9H4BrClN2S/c10-1-5-4-14-9-7(5)8(11)6(2-12)3-13-9/h3-4H,1H2. The molecular formula is C9H4BrClN2S. The van der Waals surface area contributed by atoms with Crippen molar-refractivity contribution in [2.24, 2.45) is 0 Å². The van der Waals surface area contributed by atoms with Gasteiger partial charge >= 0.3 is 0 Å². The van der Waals surface area contributed by atoms with Crippen molar-refractivity contribution < 1.29 is 0 Å². The SMILES string of the molecule is N#Cc1cnc2scc(CBr)c2c1Cl. The van der Waals surface area contributed by atoms with Gasteiger partial charge in [0, 0.05) is 16.9 Å². The average molecular weight is 288 g/mol. The van der Waals surface area contributed by atoms with Gasteiger partial charge in [0.05, 0.1) is 10.6 Å². The second-order valence-electron chi connectivity index (χ2n) is 2.67. The van der Waals surface area contributed by atoms with Gasteiger partial charge in [0.15, 0.2) is 0 Å². The van der Waals surface area contributed by atoms with Crippen molar-refractivity contribution in [2.45, 2.75) is 5.33 Å². The quantitative estimate of drug-likeness (QED) is 0.750. The third kappa shape index (κ3) is 1.42. The van der Waals surface area contributed by atoms with Gasteiger partial charge in [-0.2, -0.15) is 5.26 Å². The summed E-state index contributed by atoms with van der Waals surface area (Å²) >= 11 is 11.0. The molecule has 2 nitrogen and oxygen atoms in total. The lowest BCUT2D eigenvalue weighted by Crippen LogP contribution is -1.83. The molecule has 0 saturated carbocycles. The molecule has 0 bridgehead atoms. The van der Waals surface area contributed by atoms with Crippen molar-refractivity contribution in [3.05, 3.63) is 27.7 Å². The van der Waals surface area contributed by atoms with Crippen LogP contribution in [0.4, 0.5) is 0 Å². The summed E-state index contributed by atoms with van der Waals surface area (Å²) in [5, 5.41) is 12.9. The van der Waals surface area contributed by atoms with Gasteiger partial charge in [-0.3, -0.25) is 0 Å². The van der Waals surface area contributed by atoms with Crippen LogP contribution in [0.1, 0.15) is 11.1 Å². The van der Waals surface area contributed by atoms with Crippen LogP contribution in [0, 0.1) is 11.3 Å². The highest BCUT2D eigenvalue weighted by Crippen LogP contribution is 2.33. The van der Waals surface area contributed by atoms with Gasteiger partial charge in [-0.25, -0.2) is 4.98 Å². The molecule has 0 amide bonds. The predicted octanol–water partition coefficient (Wildman–Crippen LogP) is 3.72. The minimum atomic E-state index is 0.430. The van der Waals surface area contributed by atoms with E-state index in [9.17, 15) is 0 Å². The molecule has 0 spiro atoms. The van der Waals surface area contributed by atoms with E-state index in [0.29, 0.717) is 10.6 Å². The van der Waals surface area contributed by atoms with Gasteiger partial charge in [0.25, 0.3) is 0 Å². The van der Waals surface area contributed by atoms with Crippen LogP contribution in [0.2, 0.25) is 5.02 Å². The zero-order valence-corrected chi connectivity index (χ0v) is 10.1. The molecule has 0 atom stereocenters. The number of halogens is 2. The first-order chi connectivity index (χ1) is 6.77. The van der Waals surface area contributed by atoms with Crippen molar-refractivity contribution in [3.8, 4) is 6.07 Å². The molecule has 5 heteroatoms. The molecule has 0 aliphatic rings. The number of rotatable bonds is 1. The summed E-state index contributed by atoms with van der Waals surface area (Å²) in [5.41, 5.74) is 1.51. The van der Waals surface area contributed by atoms with Crippen LogP contribution in [0.3, 0.4) is 0 Å². The third-order valence-electron chi connectivity index (χ3n) is 1.88. The molecule has 2 aromatic heterocycles. The molecule has 0 aliphatic heterocycles. The Labute approximate surface area is 98.3 Å². The third-order valence-corrected chi connectivity index (χ3v) is 3.81. The summed E-state index contributed by atoms with van der Waals surface area (Å²) < 4.78 is 0. The van der Waals surface area contributed by atoms with Crippen molar-refractivity contribution >= 4 is 49.1 Å². The molecule has 0 fully saturated rings. The van der Waals surface area contributed by atoms with Gasteiger partial charge < -0.3 is 0 Å². The van der Waals surface area contributed by atoms with Crippen LogP contribution >= 0.6 is 38.9 Å². The fourth-order valence-corrected chi connectivity index (χ4v) is 3.14. The molecule has 0 radical (unpaired) electrons. The van der Waals surface area contributed by atoms with E-state index in [0.717, 1.165) is 21.1 Å². The van der Waals surface area contributed by atoms with E-state index in [1.54, 1.807) is 0 Å². The lowest BCUT2D eigenvalue weighted by atomic mass is 10.2. The summed E-state index contributed by atoms with van der Waals surface area (Å²) in [6.45, 7) is 0. The Hall–Kier alpha value is -0.630. The van der Waals surface area contributed by atoms with E-state index in [1.807, 2.05) is 11.4 Å². The van der Waals surface area contributed by atoms with Crippen LogP contribution in [0.25, 0.3) is 10.2 Å². The predicted molar refractivity (Wildman–Crippen MR) is 62.0 cm³/mol. The maximum Gasteiger partial charge on any atom is 0.125 e. The van der Waals surface area contributed by atoms with E-state index in [-0.39, 0.29) is 0 Å². The molecule has 2 aromatic rings. The highest BCUT2D eigenvalue weighted by Gasteiger charge is 2.11. The number of nitrogens with zero attached hydrogens (tertiary/aromatic N) is 2. The normalized spacial score (nSPS) is 10.4. The highest BCUT2D eigenvalue weighted by molar-refractivity contribution is 9.08. The molecule has 0 aromatic carbocycles. The fraction of sp³-hybridized carbons (Fsp3) is 0.111. The zero-order valence-electron chi connectivity index (χ0n) is 6.92.